The molecule has 0 bridgehead atoms. The van der Waals surface area contributed by atoms with Crippen molar-refractivity contribution in [3.63, 3.8) is 0 Å². The Labute approximate surface area is 78.4 Å². The van der Waals surface area contributed by atoms with Crippen molar-refractivity contribution in [1.82, 2.24) is 0 Å². The Morgan fingerprint density at radius 2 is 2.46 bits per heavy atom. The van der Waals surface area contributed by atoms with Crippen LogP contribution in [0.1, 0.15) is 12.8 Å². The minimum Gasteiger partial charge on any atom is -0.469 e. The Kier molecular flexibility index (Phi) is 5.66. The lowest BCUT2D eigenvalue weighted by Gasteiger charge is -2.16. The highest BCUT2D eigenvalue weighted by atomic mass is 16.5. The van der Waals surface area contributed by atoms with Crippen LogP contribution in [0.4, 0.5) is 0 Å². The van der Waals surface area contributed by atoms with Crippen LogP contribution in [-0.2, 0) is 9.53 Å². The molecular formula is C10H14O3. The lowest BCUT2D eigenvalue weighted by molar-refractivity contribution is -0.149. The van der Waals surface area contributed by atoms with Gasteiger partial charge in [-0.05, 0) is 6.42 Å². The molecule has 2 atom stereocenters. The fraction of sp³-hybridized carbons (Fsp3) is 0.500. The highest BCUT2D eigenvalue weighted by molar-refractivity contribution is 5.73. The van der Waals surface area contributed by atoms with Gasteiger partial charge in [-0.25, -0.2) is 0 Å². The molecule has 0 saturated heterocycles. The van der Waals surface area contributed by atoms with Gasteiger partial charge in [0.1, 0.15) is 0 Å². The second-order valence-electron chi connectivity index (χ2n) is 2.63. The minimum atomic E-state index is -0.851. The number of terminal acetylenes is 1. The summed E-state index contributed by atoms with van der Waals surface area (Å²) in [5.41, 5.74) is 0. The summed E-state index contributed by atoms with van der Waals surface area (Å²) >= 11 is 0. The van der Waals surface area contributed by atoms with E-state index < -0.39 is 18.0 Å². The second-order valence-corrected chi connectivity index (χ2v) is 2.63. The molecular weight excluding hydrogens is 168 g/mol. The molecule has 0 heterocycles. The second kappa shape index (κ2) is 6.27. The van der Waals surface area contributed by atoms with E-state index in [0.29, 0.717) is 6.42 Å². The highest BCUT2D eigenvalue weighted by Crippen LogP contribution is 2.14. The lowest BCUT2D eigenvalue weighted by atomic mass is 9.96. The quantitative estimate of drug-likeness (QED) is 0.387. The zero-order valence-electron chi connectivity index (χ0n) is 7.69. The van der Waals surface area contributed by atoms with E-state index in [-0.39, 0.29) is 6.42 Å². The molecule has 0 aliphatic carbocycles. The summed E-state index contributed by atoms with van der Waals surface area (Å²) < 4.78 is 4.52. The first-order chi connectivity index (χ1) is 6.17. The molecule has 0 aliphatic heterocycles. The van der Waals surface area contributed by atoms with Crippen LogP contribution in [0.3, 0.4) is 0 Å². The van der Waals surface area contributed by atoms with Crippen molar-refractivity contribution in [2.45, 2.75) is 18.9 Å². The first-order valence-electron chi connectivity index (χ1n) is 3.97. The molecule has 0 aliphatic rings. The molecule has 0 radical (unpaired) electrons. The van der Waals surface area contributed by atoms with Crippen LogP contribution in [0.25, 0.3) is 0 Å². The molecule has 0 amide bonds. The predicted octanol–water partition coefficient (Wildman–Crippen LogP) is 0.736. The molecule has 0 spiro atoms. The van der Waals surface area contributed by atoms with Gasteiger partial charge in [0.25, 0.3) is 0 Å². The van der Waals surface area contributed by atoms with E-state index in [2.05, 4.69) is 17.2 Å². The number of aliphatic hydroxyl groups excluding tert-OH is 1. The number of aliphatic hydroxyl groups is 1. The molecule has 0 rings (SSSR count). The monoisotopic (exact) mass is 182 g/mol. The van der Waals surface area contributed by atoms with Crippen molar-refractivity contribution in [1.29, 1.82) is 0 Å². The Morgan fingerprint density at radius 1 is 1.85 bits per heavy atom. The maximum absolute atomic E-state index is 11.1. The largest absolute Gasteiger partial charge is 0.469 e. The third-order valence-electron chi connectivity index (χ3n) is 1.72. The van der Waals surface area contributed by atoms with Crippen LogP contribution in [0.5, 0.6) is 0 Å². The molecule has 0 saturated carbocycles. The van der Waals surface area contributed by atoms with Crippen molar-refractivity contribution < 1.29 is 14.6 Å². The summed E-state index contributed by atoms with van der Waals surface area (Å²) in [6, 6.07) is 0. The molecule has 1 N–H and O–H groups in total. The number of carbonyl (C=O) groups excluding carboxylic acids is 1. The molecule has 0 aromatic rings. The first-order valence-corrected chi connectivity index (χ1v) is 3.97. The lowest BCUT2D eigenvalue weighted by Crippen LogP contribution is -2.28. The number of allylic oxidation sites excluding steroid dienone is 1. The third kappa shape index (κ3) is 3.77. The third-order valence-corrected chi connectivity index (χ3v) is 1.72. The van der Waals surface area contributed by atoms with E-state index in [4.69, 9.17) is 6.42 Å². The van der Waals surface area contributed by atoms with Crippen LogP contribution in [-0.4, -0.2) is 24.3 Å². The number of rotatable bonds is 5. The summed E-state index contributed by atoms with van der Waals surface area (Å²) in [5.74, 6) is 1.24. The van der Waals surface area contributed by atoms with Gasteiger partial charge in [0.05, 0.1) is 19.1 Å². The van der Waals surface area contributed by atoms with E-state index in [1.807, 2.05) is 0 Å². The number of esters is 1. The van der Waals surface area contributed by atoms with Crippen LogP contribution >= 0.6 is 0 Å². The molecule has 0 aromatic heterocycles. The average Bonchev–Trinajstić information content (AvgIpc) is 2.13. The SMILES string of the molecule is C#CC[C@@H](O)[C@@H](CC=C)C(=O)OC. The fourth-order valence-corrected chi connectivity index (χ4v) is 1.00. The molecule has 0 aromatic carbocycles. The Balaban J connectivity index is 4.31. The normalized spacial score (nSPS) is 13.9. The summed E-state index contributed by atoms with van der Waals surface area (Å²) in [7, 11) is 1.28. The van der Waals surface area contributed by atoms with Gasteiger partial charge in [-0.1, -0.05) is 6.08 Å². The topological polar surface area (TPSA) is 46.5 Å². The summed E-state index contributed by atoms with van der Waals surface area (Å²) in [5, 5.41) is 9.45. The van der Waals surface area contributed by atoms with Crippen molar-refractivity contribution >= 4 is 5.97 Å². The minimum absolute atomic E-state index is 0.146. The van der Waals surface area contributed by atoms with Gasteiger partial charge in [-0.3, -0.25) is 4.79 Å². The van der Waals surface area contributed by atoms with Crippen molar-refractivity contribution in [2.75, 3.05) is 7.11 Å². The number of ether oxygens (including phenoxy) is 1. The number of carbonyl (C=O) groups is 1. The van der Waals surface area contributed by atoms with Gasteiger partial charge < -0.3 is 9.84 Å². The molecule has 3 heteroatoms. The van der Waals surface area contributed by atoms with Crippen LogP contribution in [0.2, 0.25) is 0 Å². The first kappa shape index (κ1) is 11.7. The van der Waals surface area contributed by atoms with E-state index in [9.17, 15) is 9.90 Å². The standard InChI is InChI=1S/C10H14O3/c1-4-6-8(10(12)13-3)9(11)7-5-2/h2,4,8-9,11H,1,6-7H2,3H3/t8-,9-/m1/s1. The van der Waals surface area contributed by atoms with E-state index in [1.54, 1.807) is 6.08 Å². The average molecular weight is 182 g/mol. The Bertz CT molecular complexity index is 215. The number of hydrogen-bond acceptors (Lipinski definition) is 3. The van der Waals surface area contributed by atoms with Gasteiger partial charge >= 0.3 is 5.97 Å². The summed E-state index contributed by atoms with van der Waals surface area (Å²) in [4.78, 5) is 11.1. The maximum atomic E-state index is 11.1. The van der Waals surface area contributed by atoms with Gasteiger partial charge in [-0.15, -0.1) is 18.9 Å². The smallest absolute Gasteiger partial charge is 0.311 e. The molecule has 72 valence electrons. The molecule has 13 heavy (non-hydrogen) atoms. The van der Waals surface area contributed by atoms with Crippen LogP contribution < -0.4 is 0 Å². The fourth-order valence-electron chi connectivity index (χ4n) is 1.00. The van der Waals surface area contributed by atoms with Crippen molar-refractivity contribution in [2.24, 2.45) is 5.92 Å². The van der Waals surface area contributed by atoms with Crippen molar-refractivity contribution in [3.8, 4) is 12.3 Å². The van der Waals surface area contributed by atoms with Crippen LogP contribution in [0, 0.1) is 18.3 Å². The van der Waals surface area contributed by atoms with Crippen LogP contribution in [0.15, 0.2) is 12.7 Å². The van der Waals surface area contributed by atoms with Gasteiger partial charge in [0.2, 0.25) is 0 Å². The maximum Gasteiger partial charge on any atom is 0.311 e. The number of methoxy groups -OCH3 is 1. The van der Waals surface area contributed by atoms with Gasteiger partial charge in [0, 0.05) is 6.42 Å². The van der Waals surface area contributed by atoms with Crippen molar-refractivity contribution in [3.05, 3.63) is 12.7 Å². The highest BCUT2D eigenvalue weighted by Gasteiger charge is 2.25. The molecule has 0 unspecified atom stereocenters. The Morgan fingerprint density at radius 3 is 2.85 bits per heavy atom. The van der Waals surface area contributed by atoms with E-state index >= 15 is 0 Å². The van der Waals surface area contributed by atoms with E-state index in [0.717, 1.165) is 0 Å². The Hall–Kier alpha value is -1.27. The number of hydrogen-bond donors (Lipinski definition) is 1. The predicted molar refractivity (Wildman–Crippen MR) is 49.8 cm³/mol. The molecule has 0 fully saturated rings. The zero-order chi connectivity index (χ0) is 10.3. The zero-order valence-corrected chi connectivity index (χ0v) is 7.69. The van der Waals surface area contributed by atoms with Gasteiger partial charge in [-0.2, -0.15) is 0 Å². The molecule has 3 nitrogen and oxygen atoms in total. The summed E-state index contributed by atoms with van der Waals surface area (Å²) in [6.45, 7) is 3.49. The van der Waals surface area contributed by atoms with E-state index in [1.165, 1.54) is 7.11 Å². The summed E-state index contributed by atoms with van der Waals surface area (Å²) in [6.07, 6.45) is 6.24. The van der Waals surface area contributed by atoms with Gasteiger partial charge in [0.15, 0.2) is 0 Å².